The summed E-state index contributed by atoms with van der Waals surface area (Å²) in [5.74, 6) is 2.48. The van der Waals surface area contributed by atoms with E-state index in [-0.39, 0.29) is 12.1 Å². The van der Waals surface area contributed by atoms with E-state index in [4.69, 9.17) is 21.9 Å². The first-order chi connectivity index (χ1) is 19.0. The standard InChI is InChI=1S/C32H29N5OS/c1-21-16-18-34-29(19-21)36-22(2)20-27(23(36)3)31-30(28-11-7-8-17-33-28)35-32(39)37(31)24-12-14-26(15-13-24)38-25-9-5-4-6-10-25/h4-20,30-31H,1-3H3,(H,35,39). The second-order valence-electron chi connectivity index (χ2n) is 9.76. The highest BCUT2D eigenvalue weighted by molar-refractivity contribution is 7.80. The Kier molecular flexibility index (Phi) is 6.59. The summed E-state index contributed by atoms with van der Waals surface area (Å²) >= 11 is 5.94. The van der Waals surface area contributed by atoms with Crippen molar-refractivity contribution in [2.45, 2.75) is 32.9 Å². The van der Waals surface area contributed by atoms with E-state index in [9.17, 15) is 0 Å². The van der Waals surface area contributed by atoms with Crippen molar-refractivity contribution in [3.05, 3.63) is 132 Å². The average Bonchev–Trinajstić information content (AvgIpc) is 3.45. The molecular weight excluding hydrogens is 502 g/mol. The molecule has 2 aromatic carbocycles. The van der Waals surface area contributed by atoms with Gasteiger partial charge in [0, 0.05) is 29.5 Å². The first-order valence-electron chi connectivity index (χ1n) is 12.9. The van der Waals surface area contributed by atoms with Crippen molar-refractivity contribution < 1.29 is 4.74 Å². The number of hydrogen-bond donors (Lipinski definition) is 1. The van der Waals surface area contributed by atoms with Crippen LogP contribution in [0.3, 0.4) is 0 Å². The number of benzene rings is 2. The van der Waals surface area contributed by atoms with Crippen molar-refractivity contribution in [1.29, 1.82) is 0 Å². The molecule has 194 valence electrons. The van der Waals surface area contributed by atoms with Crippen LogP contribution in [0.1, 0.15) is 40.3 Å². The number of nitrogens with one attached hydrogen (secondary N) is 1. The van der Waals surface area contributed by atoms with Gasteiger partial charge in [0.2, 0.25) is 0 Å². The van der Waals surface area contributed by atoms with E-state index >= 15 is 0 Å². The van der Waals surface area contributed by atoms with Crippen LogP contribution in [0.5, 0.6) is 11.5 Å². The molecule has 6 nitrogen and oxygen atoms in total. The first kappa shape index (κ1) is 24.8. The molecule has 0 bridgehead atoms. The fourth-order valence-electron chi connectivity index (χ4n) is 5.33. The van der Waals surface area contributed by atoms with Crippen LogP contribution < -0.4 is 15.0 Å². The molecule has 1 aliphatic heterocycles. The van der Waals surface area contributed by atoms with E-state index in [0.29, 0.717) is 5.11 Å². The molecule has 0 aliphatic carbocycles. The van der Waals surface area contributed by atoms with Crippen molar-refractivity contribution in [2.24, 2.45) is 0 Å². The summed E-state index contributed by atoms with van der Waals surface area (Å²) in [6.07, 6.45) is 3.69. The van der Waals surface area contributed by atoms with Gasteiger partial charge in [-0.25, -0.2) is 4.98 Å². The lowest BCUT2D eigenvalue weighted by Crippen LogP contribution is -2.29. The number of rotatable bonds is 6. The maximum Gasteiger partial charge on any atom is 0.174 e. The molecule has 4 heterocycles. The number of thiocarbonyl (C=S) groups is 1. The molecule has 3 aromatic heterocycles. The SMILES string of the molecule is Cc1ccnc(-n2c(C)cc(C3C(c4ccccn4)NC(=S)N3c3ccc(Oc4ccccc4)cc3)c2C)c1. The van der Waals surface area contributed by atoms with Gasteiger partial charge < -0.3 is 19.5 Å². The van der Waals surface area contributed by atoms with Crippen LogP contribution in [0.2, 0.25) is 0 Å². The predicted molar refractivity (Wildman–Crippen MR) is 159 cm³/mol. The summed E-state index contributed by atoms with van der Waals surface area (Å²) in [5, 5.41) is 4.22. The molecule has 1 saturated heterocycles. The summed E-state index contributed by atoms with van der Waals surface area (Å²) in [6.45, 7) is 6.36. The van der Waals surface area contributed by atoms with Crippen LogP contribution in [0, 0.1) is 20.8 Å². The summed E-state index contributed by atoms with van der Waals surface area (Å²) in [7, 11) is 0. The number of aryl methyl sites for hydroxylation is 2. The summed E-state index contributed by atoms with van der Waals surface area (Å²) in [6, 6.07) is 30.0. The molecule has 2 unspecified atom stereocenters. The van der Waals surface area contributed by atoms with E-state index in [2.05, 4.69) is 70.9 Å². The minimum absolute atomic E-state index is 0.113. The lowest BCUT2D eigenvalue weighted by atomic mass is 9.96. The molecule has 2 atom stereocenters. The van der Waals surface area contributed by atoms with Gasteiger partial charge in [0.1, 0.15) is 17.3 Å². The highest BCUT2D eigenvalue weighted by Gasteiger charge is 2.42. The van der Waals surface area contributed by atoms with E-state index in [1.165, 1.54) is 11.1 Å². The monoisotopic (exact) mass is 531 g/mol. The van der Waals surface area contributed by atoms with Crippen LogP contribution in [-0.2, 0) is 0 Å². The van der Waals surface area contributed by atoms with Crippen LogP contribution >= 0.6 is 12.2 Å². The zero-order valence-electron chi connectivity index (χ0n) is 22.1. The largest absolute Gasteiger partial charge is 0.457 e. The summed E-state index contributed by atoms with van der Waals surface area (Å²) < 4.78 is 8.25. The molecule has 0 saturated carbocycles. The fourth-order valence-corrected chi connectivity index (χ4v) is 5.68. The van der Waals surface area contributed by atoms with Gasteiger partial charge in [0.25, 0.3) is 0 Å². The number of aromatic nitrogens is 3. The minimum atomic E-state index is -0.127. The maximum absolute atomic E-state index is 6.03. The molecule has 6 rings (SSSR count). The van der Waals surface area contributed by atoms with Gasteiger partial charge >= 0.3 is 0 Å². The third kappa shape index (κ3) is 4.77. The second kappa shape index (κ2) is 10.3. The van der Waals surface area contributed by atoms with Gasteiger partial charge in [-0.15, -0.1) is 0 Å². The van der Waals surface area contributed by atoms with Gasteiger partial charge in [-0.1, -0.05) is 24.3 Å². The molecule has 7 heteroatoms. The van der Waals surface area contributed by atoms with Crippen molar-refractivity contribution in [2.75, 3.05) is 4.90 Å². The molecule has 5 aromatic rings. The van der Waals surface area contributed by atoms with Crippen LogP contribution in [0.4, 0.5) is 5.69 Å². The molecule has 39 heavy (non-hydrogen) atoms. The van der Waals surface area contributed by atoms with Gasteiger partial charge in [0.15, 0.2) is 5.11 Å². The average molecular weight is 532 g/mol. The van der Waals surface area contributed by atoms with E-state index < -0.39 is 0 Å². The molecular formula is C32H29N5OS. The number of pyridine rings is 2. The second-order valence-corrected chi connectivity index (χ2v) is 10.1. The molecule has 1 fully saturated rings. The van der Waals surface area contributed by atoms with E-state index in [1.54, 1.807) is 0 Å². The number of anilines is 1. The normalized spacial score (nSPS) is 16.8. The van der Waals surface area contributed by atoms with Gasteiger partial charge in [-0.3, -0.25) is 4.98 Å². The highest BCUT2D eigenvalue weighted by Crippen LogP contribution is 2.44. The smallest absolute Gasteiger partial charge is 0.174 e. The topological polar surface area (TPSA) is 55.2 Å². The van der Waals surface area contributed by atoms with E-state index in [1.807, 2.05) is 73.1 Å². The number of nitrogens with zero attached hydrogens (tertiary/aromatic N) is 4. The van der Waals surface area contributed by atoms with Gasteiger partial charge in [-0.2, -0.15) is 0 Å². The number of ether oxygens (including phenoxy) is 1. The van der Waals surface area contributed by atoms with Gasteiger partial charge in [0.05, 0.1) is 17.8 Å². The summed E-state index contributed by atoms with van der Waals surface area (Å²) in [5.41, 5.74) is 6.50. The Morgan fingerprint density at radius 2 is 1.54 bits per heavy atom. The van der Waals surface area contributed by atoms with Crippen LogP contribution in [0.15, 0.2) is 103 Å². The molecule has 1 N–H and O–H groups in total. The minimum Gasteiger partial charge on any atom is -0.457 e. The molecule has 0 spiro atoms. The Bertz CT molecular complexity index is 1620. The third-order valence-corrected chi connectivity index (χ3v) is 7.43. The number of hydrogen-bond acceptors (Lipinski definition) is 4. The first-order valence-corrected chi connectivity index (χ1v) is 13.4. The zero-order chi connectivity index (χ0) is 26.9. The highest BCUT2D eigenvalue weighted by atomic mass is 32.1. The fraction of sp³-hybridized carbons (Fsp3) is 0.156. The van der Waals surface area contributed by atoms with Gasteiger partial charge in [-0.05, 0) is 111 Å². The predicted octanol–water partition coefficient (Wildman–Crippen LogP) is 7.16. The quantitative estimate of drug-likeness (QED) is 0.235. The van der Waals surface area contributed by atoms with Crippen molar-refractivity contribution in [1.82, 2.24) is 19.9 Å². The van der Waals surface area contributed by atoms with Crippen molar-refractivity contribution >= 4 is 23.0 Å². The Morgan fingerprint density at radius 3 is 2.26 bits per heavy atom. The zero-order valence-corrected chi connectivity index (χ0v) is 22.9. The Labute approximate surface area is 233 Å². The Morgan fingerprint density at radius 1 is 0.795 bits per heavy atom. The molecule has 0 amide bonds. The third-order valence-electron chi connectivity index (χ3n) is 7.11. The molecule has 0 radical (unpaired) electrons. The van der Waals surface area contributed by atoms with E-state index in [0.717, 1.165) is 40.1 Å². The Balaban J connectivity index is 1.42. The lowest BCUT2D eigenvalue weighted by molar-refractivity contribution is 0.482. The Hall–Kier alpha value is -4.49. The van der Waals surface area contributed by atoms with Crippen LogP contribution in [-0.4, -0.2) is 19.6 Å². The summed E-state index contributed by atoms with van der Waals surface area (Å²) in [4.78, 5) is 11.6. The van der Waals surface area contributed by atoms with Crippen molar-refractivity contribution in [3.63, 3.8) is 0 Å². The van der Waals surface area contributed by atoms with Crippen LogP contribution in [0.25, 0.3) is 5.82 Å². The molecule has 1 aliphatic rings. The lowest BCUT2D eigenvalue weighted by Gasteiger charge is -2.28. The van der Waals surface area contributed by atoms with Crippen molar-refractivity contribution in [3.8, 4) is 17.3 Å². The number of para-hydroxylation sites is 1. The maximum atomic E-state index is 6.03.